The maximum Gasteiger partial charge on any atom is 0.164 e. The highest BCUT2D eigenvalue weighted by molar-refractivity contribution is 6.12. The maximum atomic E-state index is 5.19. The molecule has 0 spiro atoms. The fourth-order valence-corrected chi connectivity index (χ4v) is 9.21. The van der Waals surface area contributed by atoms with Gasteiger partial charge in [-0.15, -0.1) is 0 Å². The molecule has 0 saturated heterocycles. The topological polar surface area (TPSA) is 61.4 Å². The molecule has 11 aromatic rings. The van der Waals surface area contributed by atoms with Gasteiger partial charge < -0.3 is 9.13 Å². The van der Waals surface area contributed by atoms with Crippen LogP contribution < -0.4 is 0 Å². The lowest BCUT2D eigenvalue weighted by molar-refractivity contribution is 0.591. The summed E-state index contributed by atoms with van der Waals surface area (Å²) in [7, 11) is 0. The van der Waals surface area contributed by atoms with Gasteiger partial charge in [0, 0.05) is 55.6 Å². The van der Waals surface area contributed by atoms with E-state index >= 15 is 0 Å². The first-order valence-corrected chi connectivity index (χ1v) is 22.1. The zero-order chi connectivity index (χ0) is 43.7. The Balaban J connectivity index is 1.22. The van der Waals surface area contributed by atoms with Crippen molar-refractivity contribution in [3.63, 3.8) is 0 Å². The summed E-state index contributed by atoms with van der Waals surface area (Å²) in [5, 5.41) is 4.86. The summed E-state index contributed by atoms with van der Waals surface area (Å²) in [6.07, 6.45) is 3.92. The largest absolute Gasteiger partial charge is 0.309 e. The fourth-order valence-electron chi connectivity index (χ4n) is 9.21. The normalized spacial score (nSPS) is 12.2. The van der Waals surface area contributed by atoms with Crippen molar-refractivity contribution in [2.75, 3.05) is 0 Å². The van der Waals surface area contributed by atoms with Crippen LogP contribution in [-0.2, 0) is 10.8 Å². The molecule has 6 heteroatoms. The minimum Gasteiger partial charge on any atom is -0.309 e. The number of hydrogen-bond donors (Lipinski definition) is 0. The van der Waals surface area contributed by atoms with Crippen molar-refractivity contribution in [2.45, 2.75) is 52.4 Å². The molecule has 0 atom stereocenters. The van der Waals surface area contributed by atoms with Crippen LogP contribution in [0.3, 0.4) is 0 Å². The van der Waals surface area contributed by atoms with E-state index in [0.29, 0.717) is 17.5 Å². The lowest BCUT2D eigenvalue weighted by Crippen LogP contribution is -2.10. The van der Waals surface area contributed by atoms with Crippen LogP contribution in [-0.4, -0.2) is 29.1 Å². The molecule has 310 valence electrons. The molecule has 0 fully saturated rings. The molecule has 4 heterocycles. The van der Waals surface area contributed by atoms with E-state index in [4.69, 9.17) is 19.9 Å². The molecule has 0 bridgehead atoms. The molecule has 6 nitrogen and oxygen atoms in total. The Hall–Kier alpha value is -7.70. The van der Waals surface area contributed by atoms with Gasteiger partial charge in [0.05, 0.1) is 39.6 Å². The molecule has 4 aromatic heterocycles. The smallest absolute Gasteiger partial charge is 0.164 e. The average Bonchev–Trinajstić information content (AvgIpc) is 3.83. The molecular weight excluding hydrogens is 781 g/mol. The van der Waals surface area contributed by atoms with E-state index in [9.17, 15) is 0 Å². The van der Waals surface area contributed by atoms with Crippen LogP contribution in [0.2, 0.25) is 0 Å². The van der Waals surface area contributed by atoms with Gasteiger partial charge in [0.15, 0.2) is 17.5 Å². The van der Waals surface area contributed by atoms with Crippen molar-refractivity contribution in [2.24, 2.45) is 0 Å². The number of rotatable bonds is 6. The molecule has 0 aliphatic rings. The van der Waals surface area contributed by atoms with E-state index in [1.165, 1.54) is 32.7 Å². The third kappa shape index (κ3) is 6.65. The van der Waals surface area contributed by atoms with Gasteiger partial charge in [-0.2, -0.15) is 0 Å². The number of nitrogens with zero attached hydrogens (tertiary/aromatic N) is 6. The number of hydrogen-bond acceptors (Lipinski definition) is 4. The summed E-state index contributed by atoms with van der Waals surface area (Å²) in [4.78, 5) is 20.2. The molecule has 0 unspecified atom stereocenters. The Labute approximate surface area is 373 Å². The van der Waals surface area contributed by atoms with Crippen molar-refractivity contribution in [3.05, 3.63) is 193 Å². The van der Waals surface area contributed by atoms with E-state index < -0.39 is 0 Å². The molecule has 0 radical (unpaired) electrons. The van der Waals surface area contributed by atoms with E-state index in [1.807, 2.05) is 48.8 Å². The predicted octanol–water partition coefficient (Wildman–Crippen LogP) is 14.7. The predicted molar refractivity (Wildman–Crippen MR) is 265 cm³/mol. The van der Waals surface area contributed by atoms with Crippen LogP contribution in [0.15, 0.2) is 182 Å². The van der Waals surface area contributed by atoms with Crippen LogP contribution >= 0.6 is 0 Å². The van der Waals surface area contributed by atoms with Crippen molar-refractivity contribution >= 4 is 43.6 Å². The van der Waals surface area contributed by atoms with Gasteiger partial charge >= 0.3 is 0 Å². The van der Waals surface area contributed by atoms with Crippen molar-refractivity contribution < 1.29 is 0 Å². The Morgan fingerprint density at radius 1 is 0.359 bits per heavy atom. The average molecular weight is 829 g/mol. The van der Waals surface area contributed by atoms with E-state index in [2.05, 4.69) is 184 Å². The van der Waals surface area contributed by atoms with Crippen molar-refractivity contribution in [3.8, 4) is 56.7 Å². The molecule has 0 aliphatic heterocycles. The summed E-state index contributed by atoms with van der Waals surface area (Å²) < 4.78 is 4.82. The number of pyridine rings is 1. The number of aromatic nitrogens is 6. The standard InChI is InChI=1S/C58H48N6/c1-57(2,3)40-26-29-51-46(34-40)42-21-13-15-23-48(42)63(51)50-28-25-39(56-61-54(37-17-9-7-10-18-37)60-55(62-56)38-19-11-8-12-20-38)33-45(50)44-31-32-59-36-53(44)64-49-24-16-14-22-43(49)47-35-41(58(4,5)6)27-30-52(47)64/h7-36H,1-6H3. The molecule has 7 aromatic carbocycles. The highest BCUT2D eigenvalue weighted by Crippen LogP contribution is 2.43. The second kappa shape index (κ2) is 15.0. The molecule has 64 heavy (non-hydrogen) atoms. The lowest BCUT2D eigenvalue weighted by Gasteiger charge is -2.21. The van der Waals surface area contributed by atoms with Crippen LogP contribution in [0.4, 0.5) is 0 Å². The lowest BCUT2D eigenvalue weighted by atomic mass is 9.86. The first-order chi connectivity index (χ1) is 31.0. The minimum absolute atomic E-state index is 0.00205. The SMILES string of the molecule is CC(C)(C)c1ccc2c(c1)c1ccccc1n2-c1ccc(-c2nc(-c3ccccc3)nc(-c3ccccc3)n2)cc1-c1ccncc1-n1c2ccccc2c2cc(C(C)(C)C)ccc21. The van der Waals surface area contributed by atoms with Crippen molar-refractivity contribution in [1.29, 1.82) is 0 Å². The van der Waals surface area contributed by atoms with Gasteiger partial charge in [-0.05, 0) is 82.6 Å². The Kier molecular flexibility index (Phi) is 9.17. The van der Waals surface area contributed by atoms with Gasteiger partial charge in [0.25, 0.3) is 0 Å². The third-order valence-electron chi connectivity index (χ3n) is 12.6. The monoisotopic (exact) mass is 828 g/mol. The summed E-state index contributed by atoms with van der Waals surface area (Å²) in [6.45, 7) is 13.7. The molecule has 0 N–H and O–H groups in total. The first kappa shape index (κ1) is 39.2. The molecule has 0 amide bonds. The van der Waals surface area contributed by atoms with Gasteiger partial charge in [-0.25, -0.2) is 15.0 Å². The van der Waals surface area contributed by atoms with Crippen LogP contribution in [0.1, 0.15) is 52.7 Å². The van der Waals surface area contributed by atoms with E-state index in [0.717, 1.165) is 61.3 Å². The van der Waals surface area contributed by atoms with Crippen LogP contribution in [0, 0.1) is 0 Å². The minimum atomic E-state index is -0.00610. The number of para-hydroxylation sites is 2. The van der Waals surface area contributed by atoms with Gasteiger partial charge in [0.2, 0.25) is 0 Å². The summed E-state index contributed by atoms with van der Waals surface area (Å²) in [5.74, 6) is 1.84. The van der Waals surface area contributed by atoms with Crippen LogP contribution in [0.5, 0.6) is 0 Å². The third-order valence-corrected chi connectivity index (χ3v) is 12.6. The summed E-state index contributed by atoms with van der Waals surface area (Å²) in [5.41, 5.74) is 13.9. The molecule has 0 aliphatic carbocycles. The Morgan fingerprint density at radius 3 is 1.33 bits per heavy atom. The van der Waals surface area contributed by atoms with Crippen molar-refractivity contribution in [1.82, 2.24) is 29.1 Å². The second-order valence-corrected chi connectivity index (χ2v) is 18.8. The second-order valence-electron chi connectivity index (χ2n) is 18.8. The van der Waals surface area contributed by atoms with E-state index in [-0.39, 0.29) is 10.8 Å². The number of fused-ring (bicyclic) bond motifs is 6. The van der Waals surface area contributed by atoms with Gasteiger partial charge in [-0.3, -0.25) is 4.98 Å². The fraction of sp³-hybridized carbons (Fsp3) is 0.138. The quantitative estimate of drug-likeness (QED) is 0.167. The first-order valence-electron chi connectivity index (χ1n) is 22.1. The molecule has 0 saturated carbocycles. The summed E-state index contributed by atoms with van der Waals surface area (Å²) in [6, 6.07) is 60.5. The zero-order valence-corrected chi connectivity index (χ0v) is 37.0. The highest BCUT2D eigenvalue weighted by atomic mass is 15.0. The van der Waals surface area contributed by atoms with Gasteiger partial charge in [-0.1, -0.05) is 151 Å². The zero-order valence-electron chi connectivity index (χ0n) is 37.0. The van der Waals surface area contributed by atoms with E-state index in [1.54, 1.807) is 0 Å². The maximum absolute atomic E-state index is 5.19. The molecular formula is C58H48N6. The van der Waals surface area contributed by atoms with Gasteiger partial charge in [0.1, 0.15) is 0 Å². The molecule has 11 rings (SSSR count). The van der Waals surface area contributed by atoms with Crippen LogP contribution in [0.25, 0.3) is 100 Å². The highest BCUT2D eigenvalue weighted by Gasteiger charge is 2.24. The number of benzene rings is 7. The Bertz CT molecular complexity index is 3510. The Morgan fingerprint density at radius 2 is 0.812 bits per heavy atom. The summed E-state index contributed by atoms with van der Waals surface area (Å²) >= 11 is 0.